The molecular weight excluding hydrogens is 388 g/mol. The van der Waals surface area contributed by atoms with Crippen LogP contribution in [0.25, 0.3) is 11.0 Å². The van der Waals surface area contributed by atoms with Gasteiger partial charge in [-0.25, -0.2) is 0 Å². The lowest BCUT2D eigenvalue weighted by Crippen LogP contribution is -1.89. The third-order valence-corrected chi connectivity index (χ3v) is 7.12. The van der Waals surface area contributed by atoms with Crippen LogP contribution in [0.1, 0.15) is 86.5 Å². The molecule has 0 bridgehead atoms. The van der Waals surface area contributed by atoms with E-state index in [4.69, 9.17) is 0 Å². The standard InChI is InChI=1S/C30H40N2/c1-25-23-31-21-15-13-19-29(31)27(25)17-11-9-7-5-3-4-6-8-10-12-18-28-26(2)24-32-22-16-14-20-30(28)32/h13-16,19-24H,3-12,17-18H2,1-2H3. The molecule has 0 aliphatic rings. The topological polar surface area (TPSA) is 8.82 Å². The minimum absolute atomic E-state index is 1.23. The van der Waals surface area contributed by atoms with E-state index in [9.17, 15) is 0 Å². The minimum Gasteiger partial charge on any atom is -0.323 e. The van der Waals surface area contributed by atoms with Crippen LogP contribution in [0.15, 0.2) is 61.2 Å². The predicted molar refractivity (Wildman–Crippen MR) is 138 cm³/mol. The van der Waals surface area contributed by atoms with Crippen LogP contribution in [0.2, 0.25) is 0 Å². The maximum absolute atomic E-state index is 2.27. The highest BCUT2D eigenvalue weighted by atomic mass is 14.9. The average Bonchev–Trinajstić information content (AvgIpc) is 3.29. The number of hydrogen-bond acceptors (Lipinski definition) is 0. The largest absolute Gasteiger partial charge is 0.323 e. The van der Waals surface area contributed by atoms with E-state index in [2.05, 4.69) is 83.8 Å². The molecule has 4 aromatic heterocycles. The van der Waals surface area contributed by atoms with Gasteiger partial charge in [0.1, 0.15) is 0 Å². The number of pyridine rings is 2. The zero-order chi connectivity index (χ0) is 22.2. The second kappa shape index (κ2) is 11.4. The quantitative estimate of drug-likeness (QED) is 0.189. The molecule has 2 heteroatoms. The normalized spacial score (nSPS) is 11.7. The van der Waals surface area contributed by atoms with Crippen molar-refractivity contribution in [2.24, 2.45) is 0 Å². The molecule has 4 aromatic rings. The number of hydrogen-bond donors (Lipinski definition) is 0. The highest BCUT2D eigenvalue weighted by molar-refractivity contribution is 5.59. The summed E-state index contributed by atoms with van der Waals surface area (Å²) in [6, 6.07) is 13.0. The summed E-state index contributed by atoms with van der Waals surface area (Å²) in [4.78, 5) is 0. The van der Waals surface area contributed by atoms with Gasteiger partial charge in [-0.3, -0.25) is 0 Å². The van der Waals surface area contributed by atoms with E-state index in [1.807, 2.05) is 0 Å². The SMILES string of the molecule is Cc1cn2ccccc2c1CCCCCCCCCCCCc1c(C)cn2ccccc12. The Morgan fingerprint density at radius 3 is 1.28 bits per heavy atom. The molecular formula is C30H40N2. The van der Waals surface area contributed by atoms with Crippen LogP contribution < -0.4 is 0 Å². The summed E-state index contributed by atoms with van der Waals surface area (Å²) in [7, 11) is 0. The van der Waals surface area contributed by atoms with Crippen LogP contribution in [0.3, 0.4) is 0 Å². The molecule has 4 rings (SSSR count). The van der Waals surface area contributed by atoms with E-state index in [-0.39, 0.29) is 0 Å². The van der Waals surface area contributed by atoms with Crippen LogP contribution in [0.4, 0.5) is 0 Å². The Bertz CT molecular complexity index is 1020. The van der Waals surface area contributed by atoms with Crippen molar-refractivity contribution in [3.05, 3.63) is 83.4 Å². The van der Waals surface area contributed by atoms with E-state index >= 15 is 0 Å². The van der Waals surface area contributed by atoms with Gasteiger partial charge in [-0.05, 0) is 86.1 Å². The molecule has 170 valence electrons. The minimum atomic E-state index is 1.23. The molecule has 0 radical (unpaired) electrons. The first-order chi connectivity index (χ1) is 15.7. The summed E-state index contributed by atoms with van der Waals surface area (Å²) < 4.78 is 4.54. The van der Waals surface area contributed by atoms with E-state index in [0.717, 1.165) is 0 Å². The van der Waals surface area contributed by atoms with E-state index in [1.165, 1.54) is 99.2 Å². The summed E-state index contributed by atoms with van der Waals surface area (Å²) in [6.07, 6.45) is 25.1. The number of fused-ring (bicyclic) bond motifs is 2. The number of aromatic nitrogens is 2. The van der Waals surface area contributed by atoms with Gasteiger partial charge in [-0.15, -0.1) is 0 Å². The highest BCUT2D eigenvalue weighted by Crippen LogP contribution is 2.22. The number of unbranched alkanes of at least 4 members (excludes halogenated alkanes) is 9. The Balaban J connectivity index is 1.03. The molecule has 0 spiro atoms. The molecule has 32 heavy (non-hydrogen) atoms. The molecule has 0 atom stereocenters. The first-order valence-corrected chi connectivity index (χ1v) is 12.8. The van der Waals surface area contributed by atoms with E-state index in [1.54, 1.807) is 11.1 Å². The van der Waals surface area contributed by atoms with Crippen molar-refractivity contribution in [3.63, 3.8) is 0 Å². The molecule has 0 fully saturated rings. The molecule has 0 saturated carbocycles. The van der Waals surface area contributed by atoms with Gasteiger partial charge in [0.15, 0.2) is 0 Å². The first-order valence-electron chi connectivity index (χ1n) is 12.8. The maximum Gasteiger partial charge on any atom is 0.0484 e. The summed E-state index contributed by atoms with van der Waals surface area (Å²) in [5, 5.41) is 0. The molecule has 0 N–H and O–H groups in total. The fourth-order valence-electron chi connectivity index (χ4n) is 5.29. The van der Waals surface area contributed by atoms with Crippen molar-refractivity contribution in [1.82, 2.24) is 8.80 Å². The lowest BCUT2D eigenvalue weighted by atomic mass is 10.0. The molecule has 4 heterocycles. The van der Waals surface area contributed by atoms with Crippen LogP contribution >= 0.6 is 0 Å². The van der Waals surface area contributed by atoms with Gasteiger partial charge in [-0.1, -0.05) is 63.5 Å². The third kappa shape index (κ3) is 5.65. The molecule has 0 unspecified atom stereocenters. The Kier molecular flexibility index (Phi) is 8.09. The molecule has 0 aromatic carbocycles. The lowest BCUT2D eigenvalue weighted by Gasteiger charge is -2.05. The summed E-state index contributed by atoms with van der Waals surface area (Å²) >= 11 is 0. The molecule has 0 saturated heterocycles. The van der Waals surface area contributed by atoms with Crippen molar-refractivity contribution >= 4 is 11.0 Å². The fourth-order valence-corrected chi connectivity index (χ4v) is 5.29. The molecule has 2 nitrogen and oxygen atoms in total. The Morgan fingerprint density at radius 2 is 0.875 bits per heavy atom. The number of aryl methyl sites for hydroxylation is 4. The van der Waals surface area contributed by atoms with Crippen LogP contribution in [-0.4, -0.2) is 8.80 Å². The van der Waals surface area contributed by atoms with Gasteiger partial charge < -0.3 is 8.80 Å². The average molecular weight is 429 g/mol. The van der Waals surface area contributed by atoms with Crippen LogP contribution in [-0.2, 0) is 12.8 Å². The molecule has 0 amide bonds. The summed E-state index contributed by atoms with van der Waals surface area (Å²) in [6.45, 7) is 4.51. The first kappa shape index (κ1) is 22.7. The van der Waals surface area contributed by atoms with Crippen LogP contribution in [0, 0.1) is 13.8 Å². The molecule has 0 aliphatic carbocycles. The smallest absolute Gasteiger partial charge is 0.0484 e. The second-order valence-corrected chi connectivity index (χ2v) is 9.60. The van der Waals surface area contributed by atoms with Gasteiger partial charge in [0.2, 0.25) is 0 Å². The van der Waals surface area contributed by atoms with Crippen molar-refractivity contribution in [2.75, 3.05) is 0 Å². The summed E-state index contributed by atoms with van der Waals surface area (Å²) in [5.74, 6) is 0. The zero-order valence-corrected chi connectivity index (χ0v) is 20.2. The maximum atomic E-state index is 2.27. The van der Waals surface area contributed by atoms with E-state index in [0.29, 0.717) is 0 Å². The Morgan fingerprint density at radius 1 is 0.500 bits per heavy atom. The monoisotopic (exact) mass is 428 g/mol. The Labute approximate surface area is 194 Å². The van der Waals surface area contributed by atoms with E-state index < -0.39 is 0 Å². The van der Waals surface area contributed by atoms with Gasteiger partial charge in [0, 0.05) is 35.8 Å². The third-order valence-electron chi connectivity index (χ3n) is 7.12. The van der Waals surface area contributed by atoms with Crippen molar-refractivity contribution < 1.29 is 0 Å². The number of rotatable bonds is 13. The lowest BCUT2D eigenvalue weighted by molar-refractivity contribution is 0.551. The van der Waals surface area contributed by atoms with Crippen molar-refractivity contribution in [1.29, 1.82) is 0 Å². The van der Waals surface area contributed by atoms with Gasteiger partial charge >= 0.3 is 0 Å². The predicted octanol–water partition coefficient (Wildman–Crippen LogP) is 8.50. The fraction of sp³-hybridized carbons (Fsp3) is 0.467. The Hall–Kier alpha value is -2.48. The van der Waals surface area contributed by atoms with Crippen molar-refractivity contribution in [3.8, 4) is 0 Å². The summed E-state index contributed by atoms with van der Waals surface area (Å²) in [5.41, 5.74) is 8.77. The molecule has 0 aliphatic heterocycles. The van der Waals surface area contributed by atoms with Gasteiger partial charge in [-0.2, -0.15) is 0 Å². The highest BCUT2D eigenvalue weighted by Gasteiger charge is 2.07. The van der Waals surface area contributed by atoms with Crippen LogP contribution in [0.5, 0.6) is 0 Å². The van der Waals surface area contributed by atoms with Gasteiger partial charge in [0.05, 0.1) is 0 Å². The van der Waals surface area contributed by atoms with Gasteiger partial charge in [0.25, 0.3) is 0 Å². The second-order valence-electron chi connectivity index (χ2n) is 9.60. The van der Waals surface area contributed by atoms with Crippen molar-refractivity contribution in [2.45, 2.75) is 90.9 Å². The zero-order valence-electron chi connectivity index (χ0n) is 20.2. The number of nitrogens with zero attached hydrogens (tertiary/aromatic N) is 2.